The number of H-pyrrole nitrogens is 1. The van der Waals surface area contributed by atoms with Crippen LogP contribution >= 0.6 is 24.0 Å². The van der Waals surface area contributed by atoms with Gasteiger partial charge in [-0.3, -0.25) is 10.1 Å². The first-order valence-electron chi connectivity index (χ1n) is 7.88. The van der Waals surface area contributed by atoms with Gasteiger partial charge in [-0.05, 0) is 36.5 Å². The lowest BCUT2D eigenvalue weighted by molar-refractivity contribution is 0.0976. The molecule has 0 spiro atoms. The first kappa shape index (κ1) is 17.4. The van der Waals surface area contributed by atoms with Crippen LogP contribution in [0.3, 0.4) is 0 Å². The summed E-state index contributed by atoms with van der Waals surface area (Å²) in [6.45, 7) is 0.679. The van der Waals surface area contributed by atoms with E-state index in [4.69, 9.17) is 12.2 Å². The molecule has 0 fully saturated rings. The first-order chi connectivity index (χ1) is 12.2. The summed E-state index contributed by atoms with van der Waals surface area (Å²) in [6, 6.07) is 17.0. The van der Waals surface area contributed by atoms with Gasteiger partial charge in [-0.15, -0.1) is 0 Å². The average molecular weight is 371 g/mol. The number of carbonyl (C=O) groups is 1. The van der Waals surface area contributed by atoms with Crippen molar-refractivity contribution in [3.63, 3.8) is 0 Å². The predicted octanol–water partition coefficient (Wildman–Crippen LogP) is 3.10. The minimum absolute atomic E-state index is 0.201. The monoisotopic (exact) mass is 370 g/mol. The highest BCUT2D eigenvalue weighted by Gasteiger charge is 2.06. The molecule has 0 saturated heterocycles. The number of para-hydroxylation sites is 2. The number of benzene rings is 2. The Morgan fingerprint density at radius 3 is 2.68 bits per heavy atom. The molecule has 0 radical (unpaired) electrons. The van der Waals surface area contributed by atoms with Crippen LogP contribution in [-0.4, -0.2) is 33.3 Å². The fourth-order valence-corrected chi connectivity index (χ4v) is 3.20. The van der Waals surface area contributed by atoms with E-state index in [0.717, 1.165) is 28.4 Å². The van der Waals surface area contributed by atoms with Crippen LogP contribution in [0, 0.1) is 0 Å². The average Bonchev–Trinajstić information content (AvgIpc) is 3.05. The maximum absolute atomic E-state index is 12.0. The predicted molar refractivity (Wildman–Crippen MR) is 107 cm³/mol. The van der Waals surface area contributed by atoms with E-state index in [-0.39, 0.29) is 5.91 Å². The van der Waals surface area contributed by atoms with Crippen LogP contribution in [0.5, 0.6) is 0 Å². The molecule has 1 amide bonds. The third-order valence-corrected chi connectivity index (χ3v) is 4.69. The van der Waals surface area contributed by atoms with Gasteiger partial charge in [0.15, 0.2) is 5.11 Å². The van der Waals surface area contributed by atoms with Crippen LogP contribution in [0.1, 0.15) is 16.2 Å². The van der Waals surface area contributed by atoms with Crippen molar-refractivity contribution in [1.82, 2.24) is 20.6 Å². The smallest absolute Gasteiger partial charge is 0.257 e. The molecule has 0 aliphatic heterocycles. The first-order valence-corrected chi connectivity index (χ1v) is 9.44. The van der Waals surface area contributed by atoms with E-state index in [9.17, 15) is 4.79 Å². The van der Waals surface area contributed by atoms with Gasteiger partial charge in [-0.25, -0.2) is 4.98 Å². The number of thioether (sulfide) groups is 1. The van der Waals surface area contributed by atoms with Crippen molar-refractivity contribution in [2.75, 3.05) is 12.3 Å². The Balaban J connectivity index is 1.35. The number of nitrogens with zero attached hydrogens (tertiary/aromatic N) is 1. The van der Waals surface area contributed by atoms with Gasteiger partial charge in [-0.2, -0.15) is 11.8 Å². The number of aromatic nitrogens is 2. The van der Waals surface area contributed by atoms with Gasteiger partial charge in [0.25, 0.3) is 5.91 Å². The zero-order chi connectivity index (χ0) is 17.5. The Labute approximate surface area is 155 Å². The lowest BCUT2D eigenvalue weighted by Crippen LogP contribution is -2.40. The van der Waals surface area contributed by atoms with Crippen molar-refractivity contribution >= 4 is 46.0 Å². The summed E-state index contributed by atoms with van der Waals surface area (Å²) in [6.07, 6.45) is 0. The number of carbonyl (C=O) groups excluding carboxylic acids is 1. The van der Waals surface area contributed by atoms with Crippen molar-refractivity contribution < 1.29 is 4.79 Å². The molecule has 25 heavy (non-hydrogen) atoms. The molecule has 1 aromatic heterocycles. The van der Waals surface area contributed by atoms with E-state index in [2.05, 4.69) is 20.6 Å². The van der Waals surface area contributed by atoms with Gasteiger partial charge in [-0.1, -0.05) is 30.3 Å². The third kappa shape index (κ3) is 5.04. The largest absolute Gasteiger partial charge is 0.362 e. The number of thiocarbonyl (C=S) groups is 1. The second-order valence-electron chi connectivity index (χ2n) is 5.33. The fourth-order valence-electron chi connectivity index (χ4n) is 2.29. The molecule has 0 atom stereocenters. The molecule has 0 saturated carbocycles. The zero-order valence-corrected chi connectivity index (χ0v) is 15.1. The Bertz CT molecular complexity index is 831. The summed E-state index contributed by atoms with van der Waals surface area (Å²) >= 11 is 6.90. The molecule has 128 valence electrons. The lowest BCUT2D eigenvalue weighted by Gasteiger charge is -2.09. The minimum Gasteiger partial charge on any atom is -0.362 e. The van der Waals surface area contributed by atoms with E-state index < -0.39 is 0 Å². The van der Waals surface area contributed by atoms with Crippen molar-refractivity contribution in [3.8, 4) is 0 Å². The van der Waals surface area contributed by atoms with E-state index in [1.54, 1.807) is 23.9 Å². The highest BCUT2D eigenvalue weighted by atomic mass is 32.2. The van der Waals surface area contributed by atoms with Crippen LogP contribution in [-0.2, 0) is 5.75 Å². The molecule has 2 aromatic carbocycles. The molecular weight excluding hydrogens is 352 g/mol. The number of hydrogen-bond acceptors (Lipinski definition) is 4. The van der Waals surface area contributed by atoms with Gasteiger partial charge in [0.2, 0.25) is 0 Å². The molecule has 0 aliphatic carbocycles. The highest BCUT2D eigenvalue weighted by Crippen LogP contribution is 2.14. The van der Waals surface area contributed by atoms with Crippen molar-refractivity contribution in [2.24, 2.45) is 0 Å². The van der Waals surface area contributed by atoms with Gasteiger partial charge < -0.3 is 10.3 Å². The molecule has 0 aliphatic rings. The normalized spacial score (nSPS) is 10.6. The molecule has 3 N–H and O–H groups in total. The van der Waals surface area contributed by atoms with Gasteiger partial charge >= 0.3 is 0 Å². The van der Waals surface area contributed by atoms with Crippen molar-refractivity contribution in [1.29, 1.82) is 0 Å². The van der Waals surface area contributed by atoms with E-state index >= 15 is 0 Å². The summed E-state index contributed by atoms with van der Waals surface area (Å²) < 4.78 is 0. The maximum atomic E-state index is 12.0. The number of nitrogens with one attached hydrogen (secondary N) is 3. The van der Waals surface area contributed by atoms with Gasteiger partial charge in [0.1, 0.15) is 5.82 Å². The molecule has 5 nitrogen and oxygen atoms in total. The molecule has 3 rings (SSSR count). The Morgan fingerprint density at radius 2 is 1.88 bits per heavy atom. The number of fused-ring (bicyclic) bond motifs is 1. The summed E-state index contributed by atoms with van der Waals surface area (Å²) in [4.78, 5) is 19.8. The molecule has 0 bridgehead atoms. The molecule has 7 heteroatoms. The minimum atomic E-state index is -0.201. The second-order valence-corrected chi connectivity index (χ2v) is 6.84. The van der Waals surface area contributed by atoms with E-state index in [1.165, 1.54) is 0 Å². The van der Waals surface area contributed by atoms with Crippen LogP contribution in [0.15, 0.2) is 54.6 Å². The quantitative estimate of drug-likeness (QED) is 0.459. The number of aromatic amines is 1. The second kappa shape index (κ2) is 8.64. The number of rotatable bonds is 6. The summed E-state index contributed by atoms with van der Waals surface area (Å²) in [7, 11) is 0. The summed E-state index contributed by atoms with van der Waals surface area (Å²) in [5, 5.41) is 6.07. The summed E-state index contributed by atoms with van der Waals surface area (Å²) in [5.41, 5.74) is 2.63. The Hall–Kier alpha value is -2.38. The van der Waals surface area contributed by atoms with Crippen LogP contribution in [0.2, 0.25) is 0 Å². The van der Waals surface area contributed by atoms with E-state index in [1.807, 2.05) is 42.5 Å². The third-order valence-electron chi connectivity index (χ3n) is 3.47. The van der Waals surface area contributed by atoms with Crippen LogP contribution in [0.25, 0.3) is 11.0 Å². The number of amides is 1. The maximum Gasteiger partial charge on any atom is 0.257 e. The number of hydrogen-bond donors (Lipinski definition) is 3. The van der Waals surface area contributed by atoms with Gasteiger partial charge in [0.05, 0.1) is 16.8 Å². The molecular formula is C18H18N4OS2. The Morgan fingerprint density at radius 1 is 1.12 bits per heavy atom. The van der Waals surface area contributed by atoms with E-state index in [0.29, 0.717) is 17.2 Å². The molecule has 3 aromatic rings. The summed E-state index contributed by atoms with van der Waals surface area (Å²) in [5.74, 6) is 2.43. The van der Waals surface area contributed by atoms with Crippen molar-refractivity contribution in [3.05, 3.63) is 66.0 Å². The molecule has 0 unspecified atom stereocenters. The highest BCUT2D eigenvalue weighted by molar-refractivity contribution is 7.98. The SMILES string of the molecule is O=C(NC(=S)NCCSCc1nc2ccccc2[nH]1)c1ccccc1. The van der Waals surface area contributed by atoms with Crippen molar-refractivity contribution in [2.45, 2.75) is 5.75 Å². The Kier molecular flexibility index (Phi) is 6.03. The van der Waals surface area contributed by atoms with Gasteiger partial charge in [0, 0.05) is 17.9 Å². The zero-order valence-electron chi connectivity index (χ0n) is 13.5. The number of imidazole rings is 1. The standard InChI is InChI=1S/C18H18N4OS2/c23-17(13-6-2-1-3-7-13)22-18(24)19-10-11-25-12-16-20-14-8-4-5-9-15(14)21-16/h1-9H,10-12H2,(H,20,21)(H2,19,22,23,24). The van der Waals surface area contributed by atoms with Crippen LogP contribution in [0.4, 0.5) is 0 Å². The van der Waals surface area contributed by atoms with Crippen LogP contribution < -0.4 is 10.6 Å². The molecule has 1 heterocycles. The topological polar surface area (TPSA) is 69.8 Å². The lowest BCUT2D eigenvalue weighted by atomic mass is 10.2. The fraction of sp³-hybridized carbons (Fsp3) is 0.167.